The summed E-state index contributed by atoms with van der Waals surface area (Å²) in [4.78, 5) is 18.6. The first kappa shape index (κ1) is 14.8. The van der Waals surface area contributed by atoms with Crippen LogP contribution in [0, 0.1) is 3.57 Å². The standard InChI is InChI=1S/C15H18IN3O2/c1-3-13(20)14-9-19(4-5-21-14)10-6-11-12(16)8-18(2)15(11)17-7-10/h6-8,14H,3-5,9H2,1-2H3. The van der Waals surface area contributed by atoms with Crippen LogP contribution < -0.4 is 4.90 Å². The van der Waals surface area contributed by atoms with Gasteiger partial charge in [0.2, 0.25) is 0 Å². The van der Waals surface area contributed by atoms with Crippen LogP contribution in [0.3, 0.4) is 0 Å². The van der Waals surface area contributed by atoms with E-state index in [2.05, 4.69) is 44.7 Å². The lowest BCUT2D eigenvalue weighted by Crippen LogP contribution is -2.46. The SMILES string of the molecule is CCC(=O)C1CN(c2cnc3c(c2)c(I)cn3C)CCO1. The molecule has 1 aliphatic heterocycles. The van der Waals surface area contributed by atoms with Crippen LogP contribution in [0.1, 0.15) is 13.3 Å². The van der Waals surface area contributed by atoms with Gasteiger partial charge in [-0.1, -0.05) is 6.92 Å². The molecule has 0 aromatic carbocycles. The summed E-state index contributed by atoms with van der Waals surface area (Å²) in [6.07, 6.45) is 4.17. The maximum absolute atomic E-state index is 11.8. The van der Waals surface area contributed by atoms with Crippen LogP contribution >= 0.6 is 22.6 Å². The topological polar surface area (TPSA) is 47.4 Å². The van der Waals surface area contributed by atoms with E-state index in [1.54, 1.807) is 0 Å². The molecule has 1 aliphatic rings. The van der Waals surface area contributed by atoms with E-state index in [0.29, 0.717) is 19.6 Å². The monoisotopic (exact) mass is 399 g/mol. The van der Waals surface area contributed by atoms with E-state index >= 15 is 0 Å². The van der Waals surface area contributed by atoms with Crippen molar-refractivity contribution < 1.29 is 9.53 Å². The van der Waals surface area contributed by atoms with Gasteiger partial charge < -0.3 is 14.2 Å². The summed E-state index contributed by atoms with van der Waals surface area (Å²) in [5.41, 5.74) is 2.04. The first-order valence-electron chi connectivity index (χ1n) is 7.10. The number of morpholine rings is 1. The van der Waals surface area contributed by atoms with Crippen molar-refractivity contribution in [1.82, 2.24) is 9.55 Å². The number of hydrogen-bond acceptors (Lipinski definition) is 4. The first-order valence-corrected chi connectivity index (χ1v) is 8.18. The number of pyridine rings is 1. The molecule has 3 heterocycles. The number of rotatable bonds is 3. The van der Waals surface area contributed by atoms with Crippen molar-refractivity contribution in [2.45, 2.75) is 19.4 Å². The molecule has 112 valence electrons. The number of aromatic nitrogens is 2. The van der Waals surface area contributed by atoms with Crippen molar-refractivity contribution in [2.24, 2.45) is 7.05 Å². The van der Waals surface area contributed by atoms with E-state index in [0.717, 1.165) is 23.3 Å². The van der Waals surface area contributed by atoms with Crippen molar-refractivity contribution in [2.75, 3.05) is 24.6 Å². The van der Waals surface area contributed by atoms with Gasteiger partial charge in [0.1, 0.15) is 11.8 Å². The van der Waals surface area contributed by atoms with Gasteiger partial charge in [0.25, 0.3) is 0 Å². The minimum absolute atomic E-state index is 0.169. The van der Waals surface area contributed by atoms with Crippen molar-refractivity contribution in [3.63, 3.8) is 0 Å². The number of carbonyl (C=O) groups excluding carboxylic acids is 1. The quantitative estimate of drug-likeness (QED) is 0.744. The Bertz CT molecular complexity index is 683. The van der Waals surface area contributed by atoms with Crippen LogP contribution in [0.4, 0.5) is 5.69 Å². The normalized spacial score (nSPS) is 19.2. The summed E-state index contributed by atoms with van der Waals surface area (Å²) >= 11 is 2.33. The number of aryl methyl sites for hydroxylation is 1. The van der Waals surface area contributed by atoms with Gasteiger partial charge in [-0.25, -0.2) is 4.98 Å². The highest BCUT2D eigenvalue weighted by molar-refractivity contribution is 14.1. The van der Waals surface area contributed by atoms with Crippen LogP contribution in [0.25, 0.3) is 11.0 Å². The van der Waals surface area contributed by atoms with Gasteiger partial charge in [0, 0.05) is 35.2 Å². The Hall–Kier alpha value is -1.15. The molecule has 2 aromatic rings. The van der Waals surface area contributed by atoms with Crippen LogP contribution in [0.15, 0.2) is 18.5 Å². The molecule has 5 nitrogen and oxygen atoms in total. The second kappa shape index (κ2) is 5.92. The summed E-state index contributed by atoms with van der Waals surface area (Å²) < 4.78 is 8.80. The molecule has 6 heteroatoms. The largest absolute Gasteiger partial charge is 0.367 e. The second-order valence-corrected chi connectivity index (χ2v) is 6.44. The third-order valence-corrected chi connectivity index (χ3v) is 4.75. The zero-order chi connectivity index (χ0) is 15.0. The van der Waals surface area contributed by atoms with Crippen molar-refractivity contribution in [3.8, 4) is 0 Å². The van der Waals surface area contributed by atoms with Crippen LogP contribution in [0.5, 0.6) is 0 Å². The van der Waals surface area contributed by atoms with Gasteiger partial charge in [-0.2, -0.15) is 0 Å². The van der Waals surface area contributed by atoms with E-state index in [1.165, 1.54) is 3.57 Å². The molecule has 1 saturated heterocycles. The Morgan fingerprint density at radius 1 is 1.57 bits per heavy atom. The minimum atomic E-state index is -0.311. The fourth-order valence-corrected chi connectivity index (χ4v) is 3.50. The third kappa shape index (κ3) is 2.78. The molecular formula is C15H18IN3O2. The number of ether oxygens (including phenoxy) is 1. The maximum Gasteiger partial charge on any atom is 0.163 e. The molecule has 1 fully saturated rings. The first-order chi connectivity index (χ1) is 10.1. The molecule has 3 rings (SSSR count). The molecule has 1 unspecified atom stereocenters. The summed E-state index contributed by atoms with van der Waals surface area (Å²) in [5, 5.41) is 1.15. The predicted molar refractivity (Wildman–Crippen MR) is 90.7 cm³/mol. The number of nitrogens with zero attached hydrogens (tertiary/aromatic N) is 3. The van der Waals surface area contributed by atoms with E-state index in [9.17, 15) is 4.79 Å². The maximum atomic E-state index is 11.8. The molecule has 0 N–H and O–H groups in total. The number of ketones is 1. The Labute approximate surface area is 137 Å². The molecule has 0 spiro atoms. The number of Topliss-reactive ketones (excluding diaryl/α,β-unsaturated/α-hetero) is 1. The third-order valence-electron chi connectivity index (χ3n) is 3.89. The Balaban J connectivity index is 1.89. The zero-order valence-corrected chi connectivity index (χ0v) is 14.3. The highest BCUT2D eigenvalue weighted by Gasteiger charge is 2.26. The highest BCUT2D eigenvalue weighted by atomic mass is 127. The van der Waals surface area contributed by atoms with Crippen LogP contribution in [-0.2, 0) is 16.6 Å². The molecule has 0 aliphatic carbocycles. The molecular weight excluding hydrogens is 381 g/mol. The fourth-order valence-electron chi connectivity index (χ4n) is 2.68. The lowest BCUT2D eigenvalue weighted by molar-refractivity contribution is -0.130. The number of fused-ring (bicyclic) bond motifs is 1. The lowest BCUT2D eigenvalue weighted by Gasteiger charge is -2.33. The van der Waals surface area contributed by atoms with Gasteiger partial charge in [0.15, 0.2) is 5.78 Å². The number of carbonyl (C=O) groups is 1. The molecule has 0 radical (unpaired) electrons. The van der Waals surface area contributed by atoms with E-state index < -0.39 is 0 Å². The smallest absolute Gasteiger partial charge is 0.163 e. The summed E-state index contributed by atoms with van der Waals surface area (Å²) in [6, 6.07) is 2.16. The van der Waals surface area contributed by atoms with Crippen molar-refractivity contribution >= 4 is 45.1 Å². The molecule has 1 atom stereocenters. The summed E-state index contributed by atoms with van der Waals surface area (Å²) in [6.45, 7) is 3.87. The number of halogens is 1. The Kier molecular flexibility index (Phi) is 4.17. The summed E-state index contributed by atoms with van der Waals surface area (Å²) in [7, 11) is 2.00. The van der Waals surface area contributed by atoms with Crippen molar-refractivity contribution in [3.05, 3.63) is 22.0 Å². The van der Waals surface area contributed by atoms with Gasteiger partial charge in [-0.3, -0.25) is 4.79 Å². The van der Waals surface area contributed by atoms with Gasteiger partial charge >= 0.3 is 0 Å². The molecule has 0 saturated carbocycles. The molecule has 0 amide bonds. The second-order valence-electron chi connectivity index (χ2n) is 5.28. The molecule has 2 aromatic heterocycles. The van der Waals surface area contributed by atoms with E-state index in [1.807, 2.05) is 24.7 Å². The average molecular weight is 399 g/mol. The van der Waals surface area contributed by atoms with Gasteiger partial charge in [-0.15, -0.1) is 0 Å². The lowest BCUT2D eigenvalue weighted by atomic mass is 10.1. The van der Waals surface area contributed by atoms with E-state index in [-0.39, 0.29) is 11.9 Å². The number of hydrogen-bond donors (Lipinski definition) is 0. The average Bonchev–Trinajstić information content (AvgIpc) is 2.81. The Morgan fingerprint density at radius 3 is 3.14 bits per heavy atom. The zero-order valence-electron chi connectivity index (χ0n) is 12.2. The van der Waals surface area contributed by atoms with E-state index in [4.69, 9.17) is 4.74 Å². The number of anilines is 1. The summed E-state index contributed by atoms with van der Waals surface area (Å²) in [5.74, 6) is 0.169. The minimum Gasteiger partial charge on any atom is -0.367 e. The highest BCUT2D eigenvalue weighted by Crippen LogP contribution is 2.26. The van der Waals surface area contributed by atoms with Crippen LogP contribution in [-0.4, -0.2) is 41.1 Å². The van der Waals surface area contributed by atoms with Gasteiger partial charge in [-0.05, 0) is 28.7 Å². The van der Waals surface area contributed by atoms with Gasteiger partial charge in [0.05, 0.1) is 25.0 Å². The molecule has 0 bridgehead atoms. The Morgan fingerprint density at radius 2 is 2.38 bits per heavy atom. The van der Waals surface area contributed by atoms with Crippen LogP contribution in [0.2, 0.25) is 0 Å². The predicted octanol–water partition coefficient (Wildman–Crippen LogP) is 2.36. The fraction of sp³-hybridized carbons (Fsp3) is 0.467. The molecule has 21 heavy (non-hydrogen) atoms. The van der Waals surface area contributed by atoms with Crippen molar-refractivity contribution in [1.29, 1.82) is 0 Å².